The first kappa shape index (κ1) is 19.4. The topological polar surface area (TPSA) is 32.8 Å². The van der Waals surface area contributed by atoms with Crippen LogP contribution in [0.2, 0.25) is 0 Å². The Morgan fingerprint density at radius 3 is 2.42 bits per heavy atom. The normalized spacial score (nSPS) is 16.5. The first-order chi connectivity index (χ1) is 11.5. The number of benzene rings is 1. The van der Waals surface area contributed by atoms with Gasteiger partial charge in [0.1, 0.15) is 0 Å². The summed E-state index contributed by atoms with van der Waals surface area (Å²) in [5.74, 6) is 0.499. The van der Waals surface area contributed by atoms with E-state index in [-0.39, 0.29) is 11.9 Å². The number of hydrogen-bond donors (Lipinski definition) is 0. The first-order valence-corrected chi connectivity index (χ1v) is 9.60. The molecule has 1 aliphatic rings. The van der Waals surface area contributed by atoms with E-state index in [9.17, 15) is 4.79 Å². The van der Waals surface area contributed by atoms with Crippen molar-refractivity contribution in [1.29, 1.82) is 0 Å². The molecule has 0 saturated carbocycles. The number of nitrogens with zero attached hydrogens (tertiary/aromatic N) is 2. The summed E-state index contributed by atoms with van der Waals surface area (Å²) in [6, 6.07) is 7.83. The summed E-state index contributed by atoms with van der Waals surface area (Å²) in [6.07, 6.45) is 2.53. The lowest BCUT2D eigenvalue weighted by Crippen LogP contribution is -2.50. The summed E-state index contributed by atoms with van der Waals surface area (Å²) in [7, 11) is 1.69. The van der Waals surface area contributed by atoms with Crippen LogP contribution in [-0.2, 0) is 4.74 Å². The first-order valence-electron chi connectivity index (χ1n) is 8.80. The Balaban J connectivity index is 2.19. The van der Waals surface area contributed by atoms with E-state index < -0.39 is 0 Å². The third-order valence-electron chi connectivity index (χ3n) is 4.70. The predicted molar refractivity (Wildman–Crippen MR) is 101 cm³/mol. The Labute approximate surface area is 154 Å². The molecule has 1 amide bonds. The maximum atomic E-state index is 13.1. The third kappa shape index (κ3) is 5.30. The van der Waals surface area contributed by atoms with Crippen LogP contribution in [-0.4, -0.2) is 61.6 Å². The van der Waals surface area contributed by atoms with Crippen molar-refractivity contribution in [3.05, 3.63) is 34.3 Å². The lowest BCUT2D eigenvalue weighted by atomic mass is 10.0. The van der Waals surface area contributed by atoms with Crippen LogP contribution in [0.5, 0.6) is 0 Å². The summed E-state index contributed by atoms with van der Waals surface area (Å²) in [4.78, 5) is 17.6. The number of halogens is 1. The predicted octanol–water partition coefficient (Wildman–Crippen LogP) is 3.66. The van der Waals surface area contributed by atoms with Crippen LogP contribution in [0.3, 0.4) is 0 Å². The van der Waals surface area contributed by atoms with Crippen molar-refractivity contribution < 1.29 is 9.53 Å². The zero-order chi connectivity index (χ0) is 17.5. The highest BCUT2D eigenvalue weighted by Gasteiger charge is 2.29. The van der Waals surface area contributed by atoms with Crippen LogP contribution in [0.25, 0.3) is 0 Å². The highest BCUT2D eigenvalue weighted by atomic mass is 79.9. The van der Waals surface area contributed by atoms with Gasteiger partial charge in [-0.3, -0.25) is 4.79 Å². The third-order valence-corrected chi connectivity index (χ3v) is 5.23. The number of hydrogen-bond acceptors (Lipinski definition) is 3. The standard InChI is InChI=1S/C19H29BrN2O2/c1-15(2)18(14-21-10-4-5-11-21)22(12-13-24-3)19(23)16-6-8-17(20)9-7-16/h6-9,15,18H,4-5,10-14H2,1-3H3/t18-/m1/s1. The van der Waals surface area contributed by atoms with Crippen LogP contribution in [0.1, 0.15) is 37.0 Å². The molecule has 24 heavy (non-hydrogen) atoms. The molecule has 2 rings (SSSR count). The Bertz CT molecular complexity index is 513. The summed E-state index contributed by atoms with van der Waals surface area (Å²) in [5.41, 5.74) is 0.737. The molecule has 1 aromatic rings. The summed E-state index contributed by atoms with van der Waals surface area (Å²) < 4.78 is 6.25. The monoisotopic (exact) mass is 396 g/mol. The minimum atomic E-state index is 0.0949. The van der Waals surface area contributed by atoms with Crippen LogP contribution in [0.4, 0.5) is 0 Å². The van der Waals surface area contributed by atoms with Crippen LogP contribution in [0.15, 0.2) is 28.7 Å². The smallest absolute Gasteiger partial charge is 0.254 e. The average Bonchev–Trinajstić information content (AvgIpc) is 3.07. The molecule has 0 unspecified atom stereocenters. The van der Waals surface area contributed by atoms with E-state index in [1.165, 1.54) is 12.8 Å². The number of ether oxygens (including phenoxy) is 1. The maximum absolute atomic E-state index is 13.1. The molecule has 0 spiro atoms. The molecule has 1 atom stereocenters. The fourth-order valence-corrected chi connectivity index (χ4v) is 3.53. The van der Waals surface area contributed by atoms with Gasteiger partial charge in [-0.1, -0.05) is 29.8 Å². The molecule has 0 bridgehead atoms. The minimum absolute atomic E-state index is 0.0949. The number of rotatable bonds is 8. The van der Waals surface area contributed by atoms with Gasteiger partial charge in [0.2, 0.25) is 0 Å². The quantitative estimate of drug-likeness (QED) is 0.671. The minimum Gasteiger partial charge on any atom is -0.383 e. The van der Waals surface area contributed by atoms with Crippen molar-refractivity contribution in [2.24, 2.45) is 5.92 Å². The van der Waals surface area contributed by atoms with Gasteiger partial charge < -0.3 is 14.5 Å². The van der Waals surface area contributed by atoms with E-state index in [1.54, 1.807) is 7.11 Å². The molecule has 0 aliphatic carbocycles. The average molecular weight is 397 g/mol. The second-order valence-corrected chi connectivity index (χ2v) is 7.73. The lowest BCUT2D eigenvalue weighted by molar-refractivity contribution is 0.0479. The van der Waals surface area contributed by atoms with Gasteiger partial charge in [-0.15, -0.1) is 0 Å². The van der Waals surface area contributed by atoms with E-state index in [1.807, 2.05) is 29.2 Å². The lowest BCUT2D eigenvalue weighted by Gasteiger charge is -2.37. The SMILES string of the molecule is COCCN(C(=O)c1ccc(Br)cc1)[C@H](CN1CCCC1)C(C)C. The second kappa shape index (κ2) is 9.54. The number of carbonyl (C=O) groups is 1. The molecule has 5 heteroatoms. The van der Waals surface area contributed by atoms with E-state index in [0.29, 0.717) is 19.1 Å². The second-order valence-electron chi connectivity index (χ2n) is 6.82. The van der Waals surface area contributed by atoms with Crippen molar-refractivity contribution in [1.82, 2.24) is 9.80 Å². The zero-order valence-corrected chi connectivity index (χ0v) is 16.6. The Morgan fingerprint density at radius 2 is 1.88 bits per heavy atom. The molecule has 1 fully saturated rings. The van der Waals surface area contributed by atoms with Crippen molar-refractivity contribution in [3.63, 3.8) is 0 Å². The van der Waals surface area contributed by atoms with Gasteiger partial charge in [-0.05, 0) is 56.1 Å². The maximum Gasteiger partial charge on any atom is 0.254 e. The molecular formula is C19H29BrN2O2. The van der Waals surface area contributed by atoms with Gasteiger partial charge in [-0.2, -0.15) is 0 Å². The highest BCUT2D eigenvalue weighted by molar-refractivity contribution is 9.10. The number of methoxy groups -OCH3 is 1. The summed E-state index contributed by atoms with van der Waals surface area (Å²) in [5, 5.41) is 0. The van der Waals surface area contributed by atoms with Crippen molar-refractivity contribution >= 4 is 21.8 Å². The van der Waals surface area contributed by atoms with Crippen LogP contribution >= 0.6 is 15.9 Å². The molecule has 1 aromatic carbocycles. The molecular weight excluding hydrogens is 368 g/mol. The van der Waals surface area contributed by atoms with Crippen molar-refractivity contribution in [3.8, 4) is 0 Å². The van der Waals surface area contributed by atoms with Gasteiger partial charge in [0.05, 0.1) is 6.61 Å². The Morgan fingerprint density at radius 1 is 1.25 bits per heavy atom. The van der Waals surface area contributed by atoms with E-state index in [2.05, 4.69) is 34.7 Å². The fraction of sp³-hybridized carbons (Fsp3) is 0.632. The van der Waals surface area contributed by atoms with Crippen molar-refractivity contribution in [2.75, 3.05) is 39.9 Å². The van der Waals surface area contributed by atoms with E-state index in [4.69, 9.17) is 4.74 Å². The zero-order valence-electron chi connectivity index (χ0n) is 15.0. The van der Waals surface area contributed by atoms with Gasteiger partial charge in [-0.25, -0.2) is 0 Å². The van der Waals surface area contributed by atoms with Gasteiger partial charge >= 0.3 is 0 Å². The van der Waals surface area contributed by atoms with E-state index >= 15 is 0 Å². The van der Waals surface area contributed by atoms with Crippen LogP contribution < -0.4 is 0 Å². The number of likely N-dealkylation sites (tertiary alicyclic amines) is 1. The summed E-state index contributed by atoms with van der Waals surface area (Å²) in [6.45, 7) is 8.84. The number of carbonyl (C=O) groups excluding carboxylic acids is 1. The molecule has 0 radical (unpaired) electrons. The largest absolute Gasteiger partial charge is 0.383 e. The number of amides is 1. The molecule has 4 nitrogen and oxygen atoms in total. The van der Waals surface area contributed by atoms with E-state index in [0.717, 1.165) is 29.7 Å². The molecule has 1 saturated heterocycles. The molecule has 0 N–H and O–H groups in total. The molecule has 1 aliphatic heterocycles. The van der Waals surface area contributed by atoms with Gasteiger partial charge in [0.15, 0.2) is 0 Å². The molecule has 1 heterocycles. The summed E-state index contributed by atoms with van der Waals surface area (Å²) >= 11 is 3.43. The molecule has 0 aromatic heterocycles. The Kier molecular flexibility index (Phi) is 7.72. The Hall–Kier alpha value is -0.910. The highest BCUT2D eigenvalue weighted by Crippen LogP contribution is 2.20. The van der Waals surface area contributed by atoms with Crippen molar-refractivity contribution in [2.45, 2.75) is 32.7 Å². The fourth-order valence-electron chi connectivity index (χ4n) is 3.26. The van der Waals surface area contributed by atoms with Gasteiger partial charge in [0.25, 0.3) is 5.91 Å². The van der Waals surface area contributed by atoms with Gasteiger partial charge in [0, 0.05) is 36.3 Å². The molecule has 134 valence electrons. The van der Waals surface area contributed by atoms with Crippen LogP contribution in [0, 0.1) is 5.92 Å².